The lowest BCUT2D eigenvalue weighted by atomic mass is 10.2. The van der Waals surface area contributed by atoms with E-state index in [4.69, 9.17) is 9.84 Å². The Hall–Kier alpha value is -3.16. The lowest BCUT2D eigenvalue weighted by Gasteiger charge is -2.12. The molecule has 0 unspecified atom stereocenters. The first-order valence-electron chi connectivity index (χ1n) is 7.17. The highest BCUT2D eigenvalue weighted by Crippen LogP contribution is 2.14. The van der Waals surface area contributed by atoms with Crippen LogP contribution in [0.1, 0.15) is 16.1 Å². The second-order valence-corrected chi connectivity index (χ2v) is 5.17. The lowest BCUT2D eigenvalue weighted by molar-refractivity contribution is -0.130. The third-order valence-electron chi connectivity index (χ3n) is 3.10. The molecule has 2 rings (SSSR count). The van der Waals surface area contributed by atoms with Crippen molar-refractivity contribution in [2.24, 2.45) is 0 Å². The number of carboxylic acids is 1. The van der Waals surface area contributed by atoms with Crippen molar-refractivity contribution < 1.29 is 19.4 Å². The Morgan fingerprint density at radius 2 is 2.04 bits per heavy atom. The van der Waals surface area contributed by atoms with Crippen molar-refractivity contribution in [2.45, 2.75) is 6.54 Å². The number of carbonyl (C=O) groups is 2. The molecule has 0 fully saturated rings. The molecule has 126 valence electrons. The number of rotatable bonds is 7. The van der Waals surface area contributed by atoms with Crippen molar-refractivity contribution in [3.8, 4) is 5.75 Å². The van der Waals surface area contributed by atoms with E-state index < -0.39 is 5.97 Å². The average molecular weight is 330 g/mol. The molecule has 24 heavy (non-hydrogen) atoms. The lowest BCUT2D eigenvalue weighted by Crippen LogP contribution is -2.27. The van der Waals surface area contributed by atoms with Gasteiger partial charge in [-0.25, -0.2) is 14.8 Å². The molecular formula is C16H18N4O4. The van der Waals surface area contributed by atoms with Gasteiger partial charge in [0.1, 0.15) is 11.6 Å². The Kier molecular flexibility index (Phi) is 5.67. The number of hydrogen-bond donors (Lipinski definition) is 2. The second-order valence-electron chi connectivity index (χ2n) is 5.17. The van der Waals surface area contributed by atoms with Gasteiger partial charge >= 0.3 is 5.97 Å². The summed E-state index contributed by atoms with van der Waals surface area (Å²) in [7, 11) is 3.34. The molecule has 0 saturated carbocycles. The van der Waals surface area contributed by atoms with E-state index in [1.807, 2.05) is 18.2 Å². The van der Waals surface area contributed by atoms with Crippen molar-refractivity contribution in [3.05, 3.63) is 47.9 Å². The summed E-state index contributed by atoms with van der Waals surface area (Å²) in [6.45, 7) is 0.436. The smallest absolute Gasteiger partial charge is 0.356 e. The summed E-state index contributed by atoms with van der Waals surface area (Å²) in [5.41, 5.74) is 0.815. The van der Waals surface area contributed by atoms with Crippen LogP contribution in [0.25, 0.3) is 0 Å². The number of anilines is 1. The van der Waals surface area contributed by atoms with Gasteiger partial charge in [-0.15, -0.1) is 0 Å². The van der Waals surface area contributed by atoms with Crippen molar-refractivity contribution in [1.82, 2.24) is 14.9 Å². The predicted octanol–water partition coefficient (Wildman–Crippen LogP) is 1.25. The number of carboxylic acid groups (broad SMARTS) is 1. The Bertz CT molecular complexity index is 716. The van der Waals surface area contributed by atoms with Crippen LogP contribution >= 0.6 is 0 Å². The molecule has 0 radical (unpaired) electrons. The average Bonchev–Trinajstić information content (AvgIpc) is 2.58. The molecule has 0 aliphatic carbocycles. The molecule has 0 bridgehead atoms. The molecule has 8 nitrogen and oxygen atoms in total. The largest absolute Gasteiger partial charge is 0.484 e. The van der Waals surface area contributed by atoms with Gasteiger partial charge in [-0.1, -0.05) is 12.1 Å². The number of aromatic carboxylic acids is 1. The zero-order chi connectivity index (χ0) is 17.5. The number of hydrogen-bond acceptors (Lipinski definition) is 6. The van der Waals surface area contributed by atoms with Crippen LogP contribution in [0, 0.1) is 0 Å². The van der Waals surface area contributed by atoms with Crippen LogP contribution in [0.4, 0.5) is 5.82 Å². The number of amides is 1. The minimum Gasteiger partial charge on any atom is -0.484 e. The van der Waals surface area contributed by atoms with Crippen molar-refractivity contribution >= 4 is 17.7 Å². The third-order valence-corrected chi connectivity index (χ3v) is 3.10. The highest BCUT2D eigenvalue weighted by atomic mass is 16.5. The quantitative estimate of drug-likeness (QED) is 0.787. The minimum atomic E-state index is -1.12. The molecule has 1 heterocycles. The van der Waals surface area contributed by atoms with Gasteiger partial charge in [0.05, 0.1) is 12.4 Å². The summed E-state index contributed by atoms with van der Waals surface area (Å²) < 4.78 is 5.45. The zero-order valence-electron chi connectivity index (χ0n) is 13.4. The van der Waals surface area contributed by atoms with E-state index in [2.05, 4.69) is 15.3 Å². The maximum Gasteiger partial charge on any atom is 0.356 e. The number of benzene rings is 1. The van der Waals surface area contributed by atoms with Gasteiger partial charge in [0, 0.05) is 20.6 Å². The van der Waals surface area contributed by atoms with E-state index >= 15 is 0 Å². The van der Waals surface area contributed by atoms with E-state index in [1.54, 1.807) is 20.2 Å². The summed E-state index contributed by atoms with van der Waals surface area (Å²) in [5, 5.41) is 11.8. The predicted molar refractivity (Wildman–Crippen MR) is 86.9 cm³/mol. The van der Waals surface area contributed by atoms with Crippen LogP contribution in [0.3, 0.4) is 0 Å². The van der Waals surface area contributed by atoms with E-state index in [0.717, 1.165) is 5.56 Å². The molecular weight excluding hydrogens is 312 g/mol. The first-order chi connectivity index (χ1) is 11.5. The summed E-state index contributed by atoms with van der Waals surface area (Å²) in [6, 6.07) is 7.31. The first-order valence-corrected chi connectivity index (χ1v) is 7.17. The summed E-state index contributed by atoms with van der Waals surface area (Å²) in [5.74, 6) is -0.176. The molecule has 1 aromatic heterocycles. The topological polar surface area (TPSA) is 105 Å². The van der Waals surface area contributed by atoms with Crippen molar-refractivity contribution in [1.29, 1.82) is 0 Å². The van der Waals surface area contributed by atoms with E-state index in [1.165, 1.54) is 17.3 Å². The molecule has 8 heteroatoms. The van der Waals surface area contributed by atoms with Crippen LogP contribution in [-0.2, 0) is 11.3 Å². The fraction of sp³-hybridized carbons (Fsp3) is 0.250. The Labute approximate surface area is 139 Å². The molecule has 1 aromatic carbocycles. The maximum atomic E-state index is 11.5. The van der Waals surface area contributed by atoms with Crippen molar-refractivity contribution in [2.75, 3.05) is 26.0 Å². The number of ether oxygens (including phenoxy) is 1. The number of nitrogens with zero attached hydrogens (tertiary/aromatic N) is 3. The van der Waals surface area contributed by atoms with Gasteiger partial charge in [0.2, 0.25) is 0 Å². The fourth-order valence-corrected chi connectivity index (χ4v) is 1.74. The minimum absolute atomic E-state index is 0.0218. The molecule has 2 N–H and O–H groups in total. The summed E-state index contributed by atoms with van der Waals surface area (Å²) in [4.78, 5) is 31.5. The highest BCUT2D eigenvalue weighted by Gasteiger charge is 2.06. The van der Waals surface area contributed by atoms with E-state index in [0.29, 0.717) is 18.1 Å². The third kappa shape index (κ3) is 4.94. The normalized spacial score (nSPS) is 10.1. The molecule has 0 atom stereocenters. The molecule has 0 spiro atoms. The van der Waals surface area contributed by atoms with E-state index in [9.17, 15) is 9.59 Å². The van der Waals surface area contributed by atoms with Gasteiger partial charge in [0.25, 0.3) is 5.91 Å². The Morgan fingerprint density at radius 3 is 2.67 bits per heavy atom. The van der Waals surface area contributed by atoms with Crippen LogP contribution in [0.5, 0.6) is 5.75 Å². The number of carbonyl (C=O) groups excluding carboxylic acids is 1. The Morgan fingerprint density at radius 1 is 1.25 bits per heavy atom. The van der Waals surface area contributed by atoms with Crippen molar-refractivity contribution in [3.63, 3.8) is 0 Å². The van der Waals surface area contributed by atoms with Gasteiger partial charge in [-0.2, -0.15) is 0 Å². The first kappa shape index (κ1) is 17.2. The SMILES string of the molecule is CN(C)C(=O)COc1cccc(CNc2cnc(C(=O)O)cn2)c1. The van der Waals surface area contributed by atoms with Crippen LogP contribution in [0.2, 0.25) is 0 Å². The van der Waals surface area contributed by atoms with Crippen LogP contribution in [-0.4, -0.2) is 52.6 Å². The number of likely N-dealkylation sites (N-methyl/N-ethyl adjacent to an activating group) is 1. The molecule has 1 amide bonds. The Balaban J connectivity index is 1.92. The molecule has 0 aliphatic heterocycles. The van der Waals surface area contributed by atoms with E-state index in [-0.39, 0.29) is 18.2 Å². The zero-order valence-corrected chi connectivity index (χ0v) is 13.4. The highest BCUT2D eigenvalue weighted by molar-refractivity contribution is 5.84. The second kappa shape index (κ2) is 7.91. The monoisotopic (exact) mass is 330 g/mol. The molecule has 2 aromatic rings. The van der Waals surface area contributed by atoms with Gasteiger partial charge in [0.15, 0.2) is 12.3 Å². The van der Waals surface area contributed by atoms with Gasteiger partial charge in [-0.05, 0) is 17.7 Å². The van der Waals surface area contributed by atoms with Crippen LogP contribution in [0.15, 0.2) is 36.7 Å². The summed E-state index contributed by atoms with van der Waals surface area (Å²) >= 11 is 0. The fourth-order valence-electron chi connectivity index (χ4n) is 1.74. The summed E-state index contributed by atoms with van der Waals surface area (Å²) in [6.07, 6.45) is 2.55. The van der Waals surface area contributed by atoms with Gasteiger partial charge in [-0.3, -0.25) is 4.79 Å². The molecule has 0 saturated heterocycles. The molecule has 0 aliphatic rings. The standard InChI is InChI=1S/C16H18N4O4/c1-20(2)15(21)10-24-12-5-3-4-11(6-12)7-18-14-9-17-13(8-19-14)16(22)23/h3-6,8-9H,7,10H2,1-2H3,(H,18,19)(H,22,23). The maximum absolute atomic E-state index is 11.5. The van der Waals surface area contributed by atoms with Crippen LogP contribution < -0.4 is 10.1 Å². The number of nitrogens with one attached hydrogen (secondary N) is 1. The number of aromatic nitrogens is 2. The van der Waals surface area contributed by atoms with Gasteiger partial charge < -0.3 is 20.1 Å².